The number of imidazole rings is 1. The number of nitrogens with zero attached hydrogens (tertiary/aromatic N) is 4. The van der Waals surface area contributed by atoms with Gasteiger partial charge in [-0.25, -0.2) is 15.0 Å². The zero-order valence-electron chi connectivity index (χ0n) is 18.8. The van der Waals surface area contributed by atoms with Crippen molar-refractivity contribution in [1.82, 2.24) is 25.3 Å². The number of hydrogen-bond acceptors (Lipinski definition) is 9. The van der Waals surface area contributed by atoms with Crippen LogP contribution in [0.5, 0.6) is 5.75 Å². The van der Waals surface area contributed by atoms with Crippen molar-refractivity contribution in [3.05, 3.63) is 35.2 Å². The maximum absolute atomic E-state index is 12.4. The van der Waals surface area contributed by atoms with Crippen LogP contribution < -0.4 is 15.0 Å². The smallest absolute Gasteiger partial charge is 0.261 e. The van der Waals surface area contributed by atoms with Crippen molar-refractivity contribution in [3.8, 4) is 5.75 Å². The second-order valence-electron chi connectivity index (χ2n) is 7.50. The van der Waals surface area contributed by atoms with Crippen molar-refractivity contribution >= 4 is 40.6 Å². The highest BCUT2D eigenvalue weighted by Crippen LogP contribution is 2.29. The molecule has 1 aliphatic rings. The molecule has 0 unspecified atom stereocenters. The highest BCUT2D eigenvalue weighted by Gasteiger charge is 2.20. The summed E-state index contributed by atoms with van der Waals surface area (Å²) in [5.74, 6) is 1.70. The fraction of sp³-hybridized carbons (Fsp3) is 0.409. The molecule has 1 fully saturated rings. The summed E-state index contributed by atoms with van der Waals surface area (Å²) in [6.07, 6.45) is 0.776. The van der Waals surface area contributed by atoms with E-state index in [-0.39, 0.29) is 0 Å². The second kappa shape index (κ2) is 10.2. The number of benzene rings is 1. The van der Waals surface area contributed by atoms with Crippen LogP contribution in [0, 0.1) is 0 Å². The highest BCUT2D eigenvalue weighted by molar-refractivity contribution is 7.98. The number of carbonyl (C=O) groups is 2. The SMILES string of the molecule is CCc1nc2nc(SCc3ccc(OC)c(C(=O)NC(C)=O)c3)nc(N3CCOCC3)c2[nH]1. The number of amides is 2. The van der Waals surface area contributed by atoms with Gasteiger partial charge in [0.25, 0.3) is 5.91 Å². The van der Waals surface area contributed by atoms with Gasteiger partial charge >= 0.3 is 0 Å². The third kappa shape index (κ3) is 5.25. The molecule has 0 aliphatic carbocycles. The zero-order chi connectivity index (χ0) is 23.4. The molecule has 0 bridgehead atoms. The van der Waals surface area contributed by atoms with Crippen LogP contribution >= 0.6 is 11.8 Å². The largest absolute Gasteiger partial charge is 0.496 e. The molecule has 3 heterocycles. The molecule has 1 aliphatic heterocycles. The Morgan fingerprint density at radius 1 is 1.24 bits per heavy atom. The van der Waals surface area contributed by atoms with E-state index < -0.39 is 11.8 Å². The molecule has 2 aromatic heterocycles. The molecular weight excluding hydrogens is 444 g/mol. The van der Waals surface area contributed by atoms with Crippen molar-refractivity contribution < 1.29 is 19.1 Å². The molecule has 10 nitrogen and oxygen atoms in total. The van der Waals surface area contributed by atoms with Crippen LogP contribution in [0.1, 0.15) is 35.6 Å². The molecule has 174 valence electrons. The average Bonchev–Trinajstić information content (AvgIpc) is 3.25. The van der Waals surface area contributed by atoms with E-state index in [9.17, 15) is 9.59 Å². The Balaban J connectivity index is 1.60. The van der Waals surface area contributed by atoms with Gasteiger partial charge in [-0.1, -0.05) is 24.8 Å². The summed E-state index contributed by atoms with van der Waals surface area (Å²) in [6, 6.07) is 5.31. The standard InChI is InChI=1S/C22H26N6O4S/c1-4-17-24-18-19(25-17)26-22(27-20(18)28-7-9-32-10-8-28)33-12-14-5-6-16(31-3)15(11-14)21(30)23-13(2)29/h5-6,11H,4,7-10,12H2,1-3H3,(H,23,29,30)(H,24,25,26,27). The lowest BCUT2D eigenvalue weighted by Gasteiger charge is -2.28. The first-order chi connectivity index (χ1) is 16.0. The normalized spacial score (nSPS) is 13.8. The molecule has 1 saturated heterocycles. The summed E-state index contributed by atoms with van der Waals surface area (Å²) in [5, 5.41) is 2.89. The van der Waals surface area contributed by atoms with Crippen molar-refractivity contribution in [3.63, 3.8) is 0 Å². The minimum atomic E-state index is -0.498. The Morgan fingerprint density at radius 2 is 2.03 bits per heavy atom. The van der Waals surface area contributed by atoms with Gasteiger partial charge in [-0.3, -0.25) is 14.9 Å². The van der Waals surface area contributed by atoms with Crippen molar-refractivity contribution in [2.75, 3.05) is 38.3 Å². The number of anilines is 1. The number of morpholine rings is 1. The van der Waals surface area contributed by atoms with Crippen molar-refractivity contribution in [1.29, 1.82) is 0 Å². The fourth-order valence-corrected chi connectivity index (χ4v) is 4.32. The summed E-state index contributed by atoms with van der Waals surface area (Å²) in [5.41, 5.74) is 2.66. The third-order valence-electron chi connectivity index (χ3n) is 5.17. The van der Waals surface area contributed by atoms with Crippen LogP contribution in [-0.4, -0.2) is 65.2 Å². The van der Waals surface area contributed by atoms with Gasteiger partial charge < -0.3 is 19.4 Å². The Morgan fingerprint density at radius 3 is 2.73 bits per heavy atom. The molecule has 2 amide bonds. The number of imide groups is 1. The predicted octanol–water partition coefficient (Wildman–Crippen LogP) is 2.33. The van der Waals surface area contributed by atoms with E-state index in [2.05, 4.69) is 25.2 Å². The minimum absolute atomic E-state index is 0.302. The predicted molar refractivity (Wildman–Crippen MR) is 125 cm³/mol. The molecule has 11 heteroatoms. The third-order valence-corrected chi connectivity index (χ3v) is 6.09. The maximum Gasteiger partial charge on any atom is 0.261 e. The molecule has 0 radical (unpaired) electrons. The first-order valence-electron chi connectivity index (χ1n) is 10.7. The van der Waals surface area contributed by atoms with Gasteiger partial charge in [-0.15, -0.1) is 0 Å². The summed E-state index contributed by atoms with van der Waals surface area (Å²) < 4.78 is 10.8. The number of methoxy groups -OCH3 is 1. The van der Waals surface area contributed by atoms with Crippen LogP contribution in [0.3, 0.4) is 0 Å². The summed E-state index contributed by atoms with van der Waals surface area (Å²) in [4.78, 5) is 43.3. The lowest BCUT2D eigenvalue weighted by atomic mass is 10.1. The number of aromatic amines is 1. The monoisotopic (exact) mass is 470 g/mol. The minimum Gasteiger partial charge on any atom is -0.496 e. The first kappa shape index (κ1) is 23.0. The molecule has 3 aromatic rings. The Labute approximate surface area is 195 Å². The number of nitrogens with one attached hydrogen (secondary N) is 2. The molecule has 0 atom stereocenters. The number of hydrogen-bond donors (Lipinski definition) is 2. The average molecular weight is 471 g/mol. The number of ether oxygens (including phenoxy) is 2. The van der Waals surface area contributed by atoms with Crippen LogP contribution in [0.4, 0.5) is 5.82 Å². The Bertz CT molecular complexity index is 1180. The summed E-state index contributed by atoms with van der Waals surface area (Å²) >= 11 is 1.46. The van der Waals surface area contributed by atoms with Gasteiger partial charge in [0.1, 0.15) is 17.1 Å². The van der Waals surface area contributed by atoms with Gasteiger partial charge in [0, 0.05) is 32.2 Å². The lowest BCUT2D eigenvalue weighted by molar-refractivity contribution is -0.118. The molecular formula is C22H26N6O4S. The van der Waals surface area contributed by atoms with Crippen LogP contribution in [0.25, 0.3) is 11.2 Å². The van der Waals surface area contributed by atoms with Crippen LogP contribution in [0.2, 0.25) is 0 Å². The van der Waals surface area contributed by atoms with Gasteiger partial charge in [0.05, 0.1) is 25.9 Å². The van der Waals surface area contributed by atoms with E-state index in [1.54, 1.807) is 12.1 Å². The van der Waals surface area contributed by atoms with E-state index in [4.69, 9.17) is 14.5 Å². The molecule has 0 saturated carbocycles. The number of fused-ring (bicyclic) bond motifs is 1. The topological polar surface area (TPSA) is 122 Å². The molecule has 4 rings (SSSR count). The summed E-state index contributed by atoms with van der Waals surface area (Å²) in [7, 11) is 1.49. The number of H-pyrrole nitrogens is 1. The first-order valence-corrected chi connectivity index (χ1v) is 11.7. The molecule has 1 aromatic carbocycles. The maximum atomic E-state index is 12.4. The van der Waals surface area contributed by atoms with Gasteiger partial charge in [-0.05, 0) is 17.7 Å². The van der Waals surface area contributed by atoms with Crippen molar-refractivity contribution in [2.45, 2.75) is 31.2 Å². The zero-order valence-corrected chi connectivity index (χ0v) is 19.6. The number of aryl methyl sites for hydroxylation is 1. The molecule has 2 N–H and O–H groups in total. The van der Waals surface area contributed by atoms with Gasteiger partial charge in [0.2, 0.25) is 5.91 Å². The summed E-state index contributed by atoms with van der Waals surface area (Å²) in [6.45, 7) is 6.15. The highest BCUT2D eigenvalue weighted by atomic mass is 32.2. The molecule has 0 spiro atoms. The Hall–Kier alpha value is -3.18. The number of aromatic nitrogens is 4. The van der Waals surface area contributed by atoms with E-state index >= 15 is 0 Å². The Kier molecular flexibility index (Phi) is 7.09. The van der Waals surface area contributed by atoms with Gasteiger partial charge in [0.15, 0.2) is 16.6 Å². The van der Waals surface area contributed by atoms with Crippen molar-refractivity contribution in [2.24, 2.45) is 0 Å². The lowest BCUT2D eigenvalue weighted by Crippen LogP contribution is -2.37. The van der Waals surface area contributed by atoms with Gasteiger partial charge in [-0.2, -0.15) is 0 Å². The van der Waals surface area contributed by atoms with E-state index in [1.807, 2.05) is 13.0 Å². The number of thioether (sulfide) groups is 1. The molecule has 33 heavy (non-hydrogen) atoms. The fourth-order valence-electron chi connectivity index (χ4n) is 3.54. The van der Waals surface area contributed by atoms with E-state index in [1.165, 1.54) is 25.8 Å². The van der Waals surface area contributed by atoms with E-state index in [0.717, 1.165) is 42.2 Å². The van der Waals surface area contributed by atoms with Crippen LogP contribution in [-0.2, 0) is 21.7 Å². The quantitative estimate of drug-likeness (QED) is 0.396. The number of carbonyl (C=O) groups excluding carboxylic acids is 2. The number of rotatable bonds is 7. The van der Waals surface area contributed by atoms with E-state index in [0.29, 0.717) is 41.1 Å². The second-order valence-corrected chi connectivity index (χ2v) is 8.44. The van der Waals surface area contributed by atoms with Crippen LogP contribution in [0.15, 0.2) is 23.4 Å².